The van der Waals surface area contributed by atoms with Gasteiger partial charge in [-0.05, 0) is 13.8 Å². The third-order valence-corrected chi connectivity index (χ3v) is 2.33. The zero-order chi connectivity index (χ0) is 13.2. The Balaban J connectivity index is 0.000000686. The van der Waals surface area contributed by atoms with Crippen molar-refractivity contribution in [1.82, 2.24) is 0 Å². The van der Waals surface area contributed by atoms with Crippen molar-refractivity contribution in [2.45, 2.75) is 27.7 Å². The molecule has 0 saturated carbocycles. The van der Waals surface area contributed by atoms with E-state index in [1.807, 2.05) is 13.8 Å². The third kappa shape index (κ3) is 2.25. The highest BCUT2D eigenvalue weighted by atomic mass is 16.3. The fourth-order valence-electron chi connectivity index (χ4n) is 1.54. The molecule has 2 N–H and O–H groups in total. The number of hydrogen-bond acceptors (Lipinski definition) is 4. The van der Waals surface area contributed by atoms with E-state index in [0.717, 1.165) is 6.07 Å². The van der Waals surface area contributed by atoms with Crippen LogP contribution < -0.4 is 5.43 Å². The molecule has 0 aliphatic heterocycles. The van der Waals surface area contributed by atoms with E-state index in [1.165, 1.54) is 6.07 Å². The standard InChI is InChI=1S/C11H10O4.C2H6/c1-5-3-8(13)10-9(14)4-7(12)6(2)11(10)15-5;1-2/h3-4,12,14H,1-2H3;1-2H3. The van der Waals surface area contributed by atoms with Crippen LogP contribution in [-0.4, -0.2) is 10.2 Å². The molecule has 17 heavy (non-hydrogen) atoms. The average Bonchev–Trinajstić information content (AvgIpc) is 2.27. The zero-order valence-corrected chi connectivity index (χ0v) is 10.4. The first kappa shape index (κ1) is 13.1. The van der Waals surface area contributed by atoms with Crippen molar-refractivity contribution in [1.29, 1.82) is 0 Å². The summed E-state index contributed by atoms with van der Waals surface area (Å²) in [6.45, 7) is 7.26. The molecule has 0 aliphatic carbocycles. The van der Waals surface area contributed by atoms with E-state index in [0.29, 0.717) is 11.3 Å². The molecule has 4 nitrogen and oxygen atoms in total. The van der Waals surface area contributed by atoms with Gasteiger partial charge in [-0.3, -0.25) is 4.79 Å². The van der Waals surface area contributed by atoms with Crippen LogP contribution in [0.4, 0.5) is 0 Å². The van der Waals surface area contributed by atoms with Crippen LogP contribution in [0.5, 0.6) is 11.5 Å². The lowest BCUT2D eigenvalue weighted by Gasteiger charge is -2.05. The molecule has 0 aliphatic rings. The van der Waals surface area contributed by atoms with Crippen molar-refractivity contribution in [3.05, 3.63) is 33.7 Å². The van der Waals surface area contributed by atoms with Gasteiger partial charge in [-0.15, -0.1) is 0 Å². The molecule has 0 atom stereocenters. The fourth-order valence-corrected chi connectivity index (χ4v) is 1.54. The molecule has 0 fully saturated rings. The van der Waals surface area contributed by atoms with Crippen LogP contribution in [-0.2, 0) is 0 Å². The van der Waals surface area contributed by atoms with Crippen LogP contribution in [0.25, 0.3) is 11.0 Å². The molecule has 1 aromatic carbocycles. The van der Waals surface area contributed by atoms with Crippen LogP contribution in [0.2, 0.25) is 0 Å². The summed E-state index contributed by atoms with van der Waals surface area (Å²) >= 11 is 0. The SMILES string of the molecule is CC.Cc1cc(=O)c2c(O)cc(O)c(C)c2o1. The lowest BCUT2D eigenvalue weighted by Crippen LogP contribution is -2.01. The summed E-state index contributed by atoms with van der Waals surface area (Å²) in [6.07, 6.45) is 0. The van der Waals surface area contributed by atoms with Crippen LogP contribution in [0.1, 0.15) is 25.2 Å². The van der Waals surface area contributed by atoms with Crippen molar-refractivity contribution >= 4 is 11.0 Å². The second-order valence-electron chi connectivity index (χ2n) is 3.47. The summed E-state index contributed by atoms with van der Waals surface area (Å²) in [5.41, 5.74) is 0.371. The highest BCUT2D eigenvalue weighted by Crippen LogP contribution is 2.32. The molecule has 2 rings (SSSR count). The molecule has 0 amide bonds. The Hall–Kier alpha value is -1.97. The molecular formula is C13H16O4. The van der Waals surface area contributed by atoms with Gasteiger partial charge in [0, 0.05) is 17.7 Å². The molecule has 0 spiro atoms. The molecule has 4 heteroatoms. The summed E-state index contributed by atoms with van der Waals surface area (Å²) in [4.78, 5) is 11.6. The first-order chi connectivity index (χ1) is 8.00. The smallest absolute Gasteiger partial charge is 0.196 e. The normalized spacial score (nSPS) is 9.88. The van der Waals surface area contributed by atoms with E-state index in [-0.39, 0.29) is 27.9 Å². The maximum Gasteiger partial charge on any atom is 0.196 e. The Morgan fingerprint density at radius 2 is 1.65 bits per heavy atom. The summed E-state index contributed by atoms with van der Waals surface area (Å²) in [5.74, 6) is 0.0937. The minimum absolute atomic E-state index is 0.0891. The predicted octanol–water partition coefficient (Wildman–Crippen LogP) is 2.85. The fraction of sp³-hybridized carbons (Fsp3) is 0.308. The van der Waals surface area contributed by atoms with E-state index in [9.17, 15) is 15.0 Å². The van der Waals surface area contributed by atoms with Gasteiger partial charge in [0.05, 0.1) is 0 Å². The highest BCUT2D eigenvalue weighted by molar-refractivity contribution is 5.87. The molecule has 0 bridgehead atoms. The molecular weight excluding hydrogens is 220 g/mol. The number of phenolic OH excluding ortho intramolecular Hbond substituents is 2. The Kier molecular flexibility index (Phi) is 3.78. The van der Waals surface area contributed by atoms with E-state index in [4.69, 9.17) is 4.42 Å². The number of hydrogen-bond donors (Lipinski definition) is 2. The largest absolute Gasteiger partial charge is 0.507 e. The van der Waals surface area contributed by atoms with Gasteiger partial charge in [-0.2, -0.15) is 0 Å². The minimum atomic E-state index is -0.311. The van der Waals surface area contributed by atoms with Gasteiger partial charge in [0.25, 0.3) is 0 Å². The number of phenols is 2. The van der Waals surface area contributed by atoms with Crippen LogP contribution >= 0.6 is 0 Å². The van der Waals surface area contributed by atoms with Crippen LogP contribution in [0.15, 0.2) is 21.3 Å². The maximum absolute atomic E-state index is 11.6. The van der Waals surface area contributed by atoms with E-state index < -0.39 is 0 Å². The topological polar surface area (TPSA) is 70.7 Å². The van der Waals surface area contributed by atoms with Crippen molar-refractivity contribution in [2.75, 3.05) is 0 Å². The number of rotatable bonds is 0. The number of fused-ring (bicyclic) bond motifs is 1. The number of aryl methyl sites for hydroxylation is 2. The van der Waals surface area contributed by atoms with Crippen molar-refractivity contribution < 1.29 is 14.6 Å². The Bertz CT molecular complexity index is 596. The second kappa shape index (κ2) is 4.91. The minimum Gasteiger partial charge on any atom is -0.507 e. The average molecular weight is 236 g/mol. The zero-order valence-electron chi connectivity index (χ0n) is 10.4. The molecule has 0 saturated heterocycles. The third-order valence-electron chi connectivity index (χ3n) is 2.33. The maximum atomic E-state index is 11.6. The monoisotopic (exact) mass is 236 g/mol. The van der Waals surface area contributed by atoms with Gasteiger partial charge < -0.3 is 14.6 Å². The summed E-state index contributed by atoms with van der Waals surface area (Å²) in [7, 11) is 0. The van der Waals surface area contributed by atoms with Gasteiger partial charge in [-0.1, -0.05) is 13.8 Å². The first-order valence-corrected chi connectivity index (χ1v) is 5.46. The van der Waals surface area contributed by atoms with Gasteiger partial charge in [0.2, 0.25) is 0 Å². The van der Waals surface area contributed by atoms with E-state index in [2.05, 4.69) is 0 Å². The second-order valence-corrected chi connectivity index (χ2v) is 3.47. The lowest BCUT2D eigenvalue weighted by atomic mass is 10.1. The summed E-state index contributed by atoms with van der Waals surface area (Å²) in [5, 5.41) is 19.1. The number of aromatic hydroxyl groups is 2. The highest BCUT2D eigenvalue weighted by Gasteiger charge is 2.13. The van der Waals surface area contributed by atoms with Gasteiger partial charge >= 0.3 is 0 Å². The Morgan fingerprint density at radius 3 is 2.24 bits per heavy atom. The van der Waals surface area contributed by atoms with Crippen molar-refractivity contribution in [3.63, 3.8) is 0 Å². The quantitative estimate of drug-likeness (QED) is 0.737. The molecule has 2 aromatic rings. The Labute approximate surface area is 99.1 Å². The molecule has 1 aromatic heterocycles. The molecule has 0 unspecified atom stereocenters. The molecule has 92 valence electrons. The lowest BCUT2D eigenvalue weighted by molar-refractivity contribution is 0.448. The Morgan fingerprint density at radius 1 is 1.06 bits per heavy atom. The van der Waals surface area contributed by atoms with Gasteiger partial charge in [-0.25, -0.2) is 0 Å². The molecule has 1 heterocycles. The van der Waals surface area contributed by atoms with E-state index in [1.54, 1.807) is 13.8 Å². The number of benzene rings is 1. The van der Waals surface area contributed by atoms with E-state index >= 15 is 0 Å². The summed E-state index contributed by atoms with van der Waals surface area (Å²) in [6, 6.07) is 2.45. The molecule has 0 radical (unpaired) electrons. The van der Waals surface area contributed by atoms with Crippen molar-refractivity contribution in [3.8, 4) is 11.5 Å². The van der Waals surface area contributed by atoms with Gasteiger partial charge in [0.1, 0.15) is 28.2 Å². The van der Waals surface area contributed by atoms with Gasteiger partial charge in [0.15, 0.2) is 5.43 Å². The first-order valence-electron chi connectivity index (χ1n) is 5.46. The van der Waals surface area contributed by atoms with Crippen molar-refractivity contribution in [2.24, 2.45) is 0 Å². The van der Waals surface area contributed by atoms with Crippen LogP contribution in [0, 0.1) is 13.8 Å². The predicted molar refractivity (Wildman–Crippen MR) is 66.6 cm³/mol. The summed E-state index contributed by atoms with van der Waals surface area (Å²) < 4.78 is 5.31. The van der Waals surface area contributed by atoms with Crippen LogP contribution in [0.3, 0.4) is 0 Å².